The van der Waals surface area contributed by atoms with Gasteiger partial charge in [-0.05, 0) is 18.2 Å². The van der Waals surface area contributed by atoms with E-state index in [1.807, 2.05) is 0 Å². The molecule has 2 aromatic heterocycles. The van der Waals surface area contributed by atoms with Crippen LogP contribution in [0, 0.1) is 5.82 Å². The predicted molar refractivity (Wildman–Crippen MR) is 66.4 cm³/mol. The van der Waals surface area contributed by atoms with Crippen molar-refractivity contribution in [2.24, 2.45) is 0 Å². The van der Waals surface area contributed by atoms with Crippen LogP contribution in [0.1, 0.15) is 6.55 Å². The summed E-state index contributed by atoms with van der Waals surface area (Å²) >= 11 is 0. The fourth-order valence-corrected chi connectivity index (χ4v) is 1.82. The highest BCUT2D eigenvalue weighted by molar-refractivity contribution is 5.74. The predicted octanol–water partition coefficient (Wildman–Crippen LogP) is 2.61. The fourth-order valence-electron chi connectivity index (χ4n) is 1.82. The minimum atomic E-state index is -2.78. The van der Waals surface area contributed by atoms with Crippen molar-refractivity contribution in [2.45, 2.75) is 6.55 Å². The Bertz CT molecular complexity index is 784. The average Bonchev–Trinajstić information content (AvgIpc) is 2.85. The van der Waals surface area contributed by atoms with Crippen LogP contribution in [0.25, 0.3) is 22.4 Å². The summed E-state index contributed by atoms with van der Waals surface area (Å²) in [6, 6.07) is 4.10. The molecule has 2 heterocycles. The molecule has 0 aliphatic heterocycles. The number of alkyl halides is 2. The molecule has 0 aliphatic carbocycles. The van der Waals surface area contributed by atoms with E-state index in [1.165, 1.54) is 30.6 Å². The Balaban J connectivity index is 2.11. The van der Waals surface area contributed by atoms with Crippen molar-refractivity contribution in [1.82, 2.24) is 19.7 Å². The van der Waals surface area contributed by atoms with Gasteiger partial charge in [-0.25, -0.2) is 14.4 Å². The average molecular weight is 279 g/mol. The van der Waals surface area contributed by atoms with Crippen LogP contribution < -0.4 is 5.73 Å². The second-order valence-electron chi connectivity index (χ2n) is 4.07. The van der Waals surface area contributed by atoms with Gasteiger partial charge in [0.2, 0.25) is 0 Å². The van der Waals surface area contributed by atoms with Gasteiger partial charge in [0.25, 0.3) is 0 Å². The SMILES string of the molecule is Nc1cc(-c2cnc3c(cnn3C(F)F)n2)ccc1F. The van der Waals surface area contributed by atoms with E-state index >= 15 is 0 Å². The second-order valence-corrected chi connectivity index (χ2v) is 4.07. The zero-order valence-corrected chi connectivity index (χ0v) is 9.96. The summed E-state index contributed by atoms with van der Waals surface area (Å²) in [5, 5.41) is 3.52. The van der Waals surface area contributed by atoms with Crippen LogP contribution in [0.4, 0.5) is 18.9 Å². The van der Waals surface area contributed by atoms with E-state index in [0.717, 1.165) is 0 Å². The molecular formula is C12H8F3N5. The molecule has 3 rings (SSSR count). The number of rotatable bonds is 2. The Labute approximate surface area is 110 Å². The number of fused-ring (bicyclic) bond motifs is 1. The first kappa shape index (κ1) is 12.4. The van der Waals surface area contributed by atoms with E-state index in [-0.39, 0.29) is 16.9 Å². The van der Waals surface area contributed by atoms with Crippen LogP contribution in [0.15, 0.2) is 30.6 Å². The molecule has 0 unspecified atom stereocenters. The van der Waals surface area contributed by atoms with Crippen molar-refractivity contribution in [2.75, 3.05) is 5.73 Å². The number of aromatic nitrogens is 4. The molecule has 0 amide bonds. The lowest BCUT2D eigenvalue weighted by molar-refractivity contribution is 0.0608. The first-order valence-electron chi connectivity index (χ1n) is 5.60. The molecule has 8 heteroatoms. The molecule has 1 aromatic carbocycles. The highest BCUT2D eigenvalue weighted by atomic mass is 19.3. The number of anilines is 1. The van der Waals surface area contributed by atoms with E-state index in [0.29, 0.717) is 15.9 Å². The van der Waals surface area contributed by atoms with Gasteiger partial charge in [-0.1, -0.05) is 0 Å². The Morgan fingerprint density at radius 2 is 2.00 bits per heavy atom. The van der Waals surface area contributed by atoms with Gasteiger partial charge in [0.15, 0.2) is 5.65 Å². The van der Waals surface area contributed by atoms with Gasteiger partial charge in [0.05, 0.1) is 23.8 Å². The molecule has 0 bridgehead atoms. The van der Waals surface area contributed by atoms with Crippen molar-refractivity contribution in [3.05, 3.63) is 36.4 Å². The first-order chi connectivity index (χ1) is 9.56. The van der Waals surface area contributed by atoms with Crippen molar-refractivity contribution < 1.29 is 13.2 Å². The van der Waals surface area contributed by atoms with Gasteiger partial charge in [-0.15, -0.1) is 0 Å². The summed E-state index contributed by atoms with van der Waals surface area (Å²) in [7, 11) is 0. The lowest BCUT2D eigenvalue weighted by Gasteiger charge is -2.04. The minimum Gasteiger partial charge on any atom is -0.396 e. The standard InChI is InChI=1S/C12H8F3N5/c13-7-2-1-6(3-8(7)16)9-4-17-11-10(19-9)5-18-20(11)12(14)15/h1-5,12H,16H2. The van der Waals surface area contributed by atoms with Crippen LogP contribution in [-0.2, 0) is 0 Å². The summed E-state index contributed by atoms with van der Waals surface area (Å²) in [4.78, 5) is 8.08. The Kier molecular flexibility index (Phi) is 2.78. The van der Waals surface area contributed by atoms with E-state index in [9.17, 15) is 13.2 Å². The zero-order valence-electron chi connectivity index (χ0n) is 9.96. The normalized spacial score (nSPS) is 11.4. The third-order valence-electron chi connectivity index (χ3n) is 2.78. The fraction of sp³-hybridized carbons (Fsp3) is 0.0833. The highest BCUT2D eigenvalue weighted by Gasteiger charge is 2.14. The molecule has 5 nitrogen and oxygen atoms in total. The summed E-state index contributed by atoms with van der Waals surface area (Å²) in [6.07, 6.45) is 2.51. The lowest BCUT2D eigenvalue weighted by atomic mass is 10.1. The maximum atomic E-state index is 13.1. The van der Waals surface area contributed by atoms with Crippen LogP contribution in [-0.4, -0.2) is 19.7 Å². The molecule has 0 saturated heterocycles. The third kappa shape index (κ3) is 1.94. The maximum absolute atomic E-state index is 13.1. The molecule has 102 valence electrons. The van der Waals surface area contributed by atoms with Crippen molar-refractivity contribution in [3.63, 3.8) is 0 Å². The Morgan fingerprint density at radius 1 is 1.20 bits per heavy atom. The van der Waals surface area contributed by atoms with Crippen molar-refractivity contribution in [1.29, 1.82) is 0 Å². The Hall–Kier alpha value is -2.64. The summed E-state index contributed by atoms with van der Waals surface area (Å²) in [5.74, 6) is -0.534. The third-order valence-corrected chi connectivity index (χ3v) is 2.78. The van der Waals surface area contributed by atoms with E-state index in [1.54, 1.807) is 0 Å². The number of hydrogen-bond acceptors (Lipinski definition) is 4. The zero-order chi connectivity index (χ0) is 14.3. The number of nitrogens with zero attached hydrogens (tertiary/aromatic N) is 4. The Morgan fingerprint density at radius 3 is 2.70 bits per heavy atom. The van der Waals surface area contributed by atoms with Gasteiger partial charge < -0.3 is 5.73 Å². The van der Waals surface area contributed by atoms with Gasteiger partial charge in [-0.2, -0.15) is 18.6 Å². The van der Waals surface area contributed by atoms with Crippen LogP contribution >= 0.6 is 0 Å². The van der Waals surface area contributed by atoms with E-state index < -0.39 is 12.4 Å². The number of hydrogen-bond donors (Lipinski definition) is 1. The molecule has 0 radical (unpaired) electrons. The molecule has 0 aliphatic rings. The van der Waals surface area contributed by atoms with Crippen LogP contribution in [0.2, 0.25) is 0 Å². The van der Waals surface area contributed by atoms with Crippen LogP contribution in [0.3, 0.4) is 0 Å². The topological polar surface area (TPSA) is 69.6 Å². The largest absolute Gasteiger partial charge is 0.396 e. The molecular weight excluding hydrogens is 271 g/mol. The number of halogens is 3. The molecule has 2 N–H and O–H groups in total. The quantitative estimate of drug-likeness (QED) is 0.732. The molecule has 0 spiro atoms. The number of benzene rings is 1. The maximum Gasteiger partial charge on any atom is 0.335 e. The first-order valence-corrected chi connectivity index (χ1v) is 5.60. The molecule has 0 atom stereocenters. The lowest BCUT2D eigenvalue weighted by Crippen LogP contribution is -2.01. The minimum absolute atomic E-state index is 0.0150. The highest BCUT2D eigenvalue weighted by Crippen LogP contribution is 2.24. The van der Waals surface area contributed by atoms with E-state index in [2.05, 4.69) is 15.1 Å². The van der Waals surface area contributed by atoms with Gasteiger partial charge in [0.1, 0.15) is 11.3 Å². The second kappa shape index (κ2) is 4.48. The van der Waals surface area contributed by atoms with Gasteiger partial charge in [0, 0.05) is 5.56 Å². The monoisotopic (exact) mass is 279 g/mol. The molecule has 3 aromatic rings. The molecule has 0 fully saturated rings. The summed E-state index contributed by atoms with van der Waals surface area (Å²) in [5.41, 5.74) is 6.61. The van der Waals surface area contributed by atoms with Gasteiger partial charge >= 0.3 is 6.55 Å². The molecule has 0 saturated carbocycles. The smallest absolute Gasteiger partial charge is 0.335 e. The van der Waals surface area contributed by atoms with Crippen molar-refractivity contribution >= 4 is 16.9 Å². The van der Waals surface area contributed by atoms with E-state index in [4.69, 9.17) is 5.73 Å². The summed E-state index contributed by atoms with van der Waals surface area (Å²) < 4.78 is 38.8. The van der Waals surface area contributed by atoms with Crippen molar-refractivity contribution in [3.8, 4) is 11.3 Å². The molecule has 20 heavy (non-hydrogen) atoms. The summed E-state index contributed by atoms with van der Waals surface area (Å²) in [6.45, 7) is -2.78. The number of nitrogen functional groups attached to an aromatic ring is 1. The van der Waals surface area contributed by atoms with Gasteiger partial charge in [-0.3, -0.25) is 0 Å². The number of nitrogens with two attached hydrogens (primary N) is 1. The van der Waals surface area contributed by atoms with Crippen LogP contribution in [0.5, 0.6) is 0 Å².